The Hall–Kier alpha value is -2.40. The van der Waals surface area contributed by atoms with Crippen molar-refractivity contribution >= 4 is 28.9 Å². The first-order chi connectivity index (χ1) is 11.5. The minimum atomic E-state index is -0.254. The highest BCUT2D eigenvalue weighted by atomic mass is 32.1. The standard InChI is InChI=1S/C19H22N2O2S/c1-4-13(2)16-7-5-6-8-17(16)20-19(24)21-18(22)14-9-11-15(23-3)12-10-14/h5-13H,4H2,1-3H3,(H2,20,21,22,24)/t13-/m0/s1. The van der Waals surface area contributed by atoms with E-state index >= 15 is 0 Å². The van der Waals surface area contributed by atoms with Crippen LogP contribution in [0.5, 0.6) is 5.75 Å². The van der Waals surface area contributed by atoms with Crippen LogP contribution in [-0.2, 0) is 0 Å². The number of rotatable bonds is 5. The van der Waals surface area contributed by atoms with Gasteiger partial charge in [-0.1, -0.05) is 32.0 Å². The lowest BCUT2D eigenvalue weighted by Crippen LogP contribution is -2.34. The molecule has 2 aromatic rings. The zero-order chi connectivity index (χ0) is 17.5. The number of para-hydroxylation sites is 1. The third kappa shape index (κ3) is 4.55. The molecule has 0 aliphatic rings. The van der Waals surface area contributed by atoms with Gasteiger partial charge in [-0.15, -0.1) is 0 Å². The molecule has 5 heteroatoms. The molecule has 0 radical (unpaired) electrons. The van der Waals surface area contributed by atoms with Gasteiger partial charge in [0.25, 0.3) is 5.91 Å². The minimum absolute atomic E-state index is 0.254. The van der Waals surface area contributed by atoms with Crippen molar-refractivity contribution in [1.29, 1.82) is 0 Å². The van der Waals surface area contributed by atoms with E-state index in [2.05, 4.69) is 30.5 Å². The van der Waals surface area contributed by atoms with Gasteiger partial charge in [0.15, 0.2) is 5.11 Å². The average Bonchev–Trinajstić information content (AvgIpc) is 2.61. The first-order valence-corrected chi connectivity index (χ1v) is 8.31. The van der Waals surface area contributed by atoms with Crippen LogP contribution in [0.4, 0.5) is 5.69 Å². The van der Waals surface area contributed by atoms with Crippen LogP contribution in [-0.4, -0.2) is 18.1 Å². The number of methoxy groups -OCH3 is 1. The van der Waals surface area contributed by atoms with Crippen LogP contribution < -0.4 is 15.4 Å². The summed E-state index contributed by atoms with van der Waals surface area (Å²) in [7, 11) is 1.59. The smallest absolute Gasteiger partial charge is 0.257 e. The van der Waals surface area contributed by atoms with Gasteiger partial charge in [-0.3, -0.25) is 10.1 Å². The van der Waals surface area contributed by atoms with Crippen molar-refractivity contribution < 1.29 is 9.53 Å². The Morgan fingerprint density at radius 2 is 1.83 bits per heavy atom. The average molecular weight is 342 g/mol. The number of anilines is 1. The number of thiocarbonyl (C=S) groups is 1. The Morgan fingerprint density at radius 1 is 1.17 bits per heavy atom. The summed E-state index contributed by atoms with van der Waals surface area (Å²) in [6.45, 7) is 4.31. The summed E-state index contributed by atoms with van der Waals surface area (Å²) in [4.78, 5) is 12.2. The number of hydrogen-bond acceptors (Lipinski definition) is 3. The molecule has 2 N–H and O–H groups in total. The molecular formula is C19H22N2O2S. The van der Waals surface area contributed by atoms with Gasteiger partial charge in [0.2, 0.25) is 0 Å². The molecule has 1 amide bonds. The number of amides is 1. The van der Waals surface area contributed by atoms with Crippen molar-refractivity contribution in [2.75, 3.05) is 12.4 Å². The molecule has 0 fully saturated rings. The molecule has 0 spiro atoms. The van der Waals surface area contributed by atoms with Crippen LogP contribution in [0.3, 0.4) is 0 Å². The van der Waals surface area contributed by atoms with Gasteiger partial charge in [0.05, 0.1) is 7.11 Å². The summed E-state index contributed by atoms with van der Waals surface area (Å²) in [5, 5.41) is 6.11. The molecule has 0 saturated heterocycles. The van der Waals surface area contributed by atoms with Gasteiger partial charge in [0.1, 0.15) is 5.75 Å². The van der Waals surface area contributed by atoms with Crippen molar-refractivity contribution in [3.8, 4) is 5.75 Å². The molecular weight excluding hydrogens is 320 g/mol. The van der Waals surface area contributed by atoms with Gasteiger partial charge in [-0.25, -0.2) is 0 Å². The SMILES string of the molecule is CC[C@H](C)c1ccccc1NC(=S)NC(=O)c1ccc(OC)cc1. The summed E-state index contributed by atoms with van der Waals surface area (Å²) >= 11 is 5.28. The fourth-order valence-corrected chi connectivity index (χ4v) is 2.53. The number of nitrogens with one attached hydrogen (secondary N) is 2. The molecule has 0 bridgehead atoms. The predicted octanol–water partition coefficient (Wildman–Crippen LogP) is 4.34. The van der Waals surface area contributed by atoms with Crippen molar-refractivity contribution in [3.05, 3.63) is 59.7 Å². The second-order valence-electron chi connectivity index (χ2n) is 5.53. The third-order valence-corrected chi connectivity index (χ3v) is 4.14. The molecule has 0 aliphatic heterocycles. The fraction of sp³-hybridized carbons (Fsp3) is 0.263. The van der Waals surface area contributed by atoms with E-state index < -0.39 is 0 Å². The van der Waals surface area contributed by atoms with Gasteiger partial charge in [0, 0.05) is 11.3 Å². The van der Waals surface area contributed by atoms with Gasteiger partial charge in [-0.2, -0.15) is 0 Å². The van der Waals surface area contributed by atoms with E-state index in [0.717, 1.165) is 12.1 Å². The lowest BCUT2D eigenvalue weighted by Gasteiger charge is -2.17. The second-order valence-corrected chi connectivity index (χ2v) is 5.94. The Balaban J connectivity index is 2.04. The topological polar surface area (TPSA) is 50.4 Å². The summed E-state index contributed by atoms with van der Waals surface area (Å²) < 4.78 is 5.09. The Labute approximate surface area is 148 Å². The summed E-state index contributed by atoms with van der Waals surface area (Å²) in [6.07, 6.45) is 1.03. The van der Waals surface area contributed by atoms with E-state index in [-0.39, 0.29) is 11.0 Å². The fourth-order valence-electron chi connectivity index (χ4n) is 2.33. The van der Waals surface area contributed by atoms with Crippen molar-refractivity contribution in [3.63, 3.8) is 0 Å². The van der Waals surface area contributed by atoms with Gasteiger partial charge < -0.3 is 10.1 Å². The highest BCUT2D eigenvalue weighted by Gasteiger charge is 2.12. The van der Waals surface area contributed by atoms with E-state index in [9.17, 15) is 4.79 Å². The van der Waals surface area contributed by atoms with E-state index in [0.29, 0.717) is 17.2 Å². The van der Waals surface area contributed by atoms with E-state index in [4.69, 9.17) is 17.0 Å². The van der Waals surface area contributed by atoms with Crippen LogP contribution in [0.25, 0.3) is 0 Å². The molecule has 0 heterocycles. The molecule has 2 aromatic carbocycles. The van der Waals surface area contributed by atoms with Crippen LogP contribution in [0, 0.1) is 0 Å². The molecule has 0 unspecified atom stereocenters. The van der Waals surface area contributed by atoms with Crippen molar-refractivity contribution in [1.82, 2.24) is 5.32 Å². The maximum Gasteiger partial charge on any atom is 0.257 e. The quantitative estimate of drug-likeness (QED) is 0.794. The summed E-state index contributed by atoms with van der Waals surface area (Å²) in [5.41, 5.74) is 2.63. The zero-order valence-electron chi connectivity index (χ0n) is 14.1. The van der Waals surface area contributed by atoms with E-state index in [1.807, 2.05) is 18.2 Å². The molecule has 4 nitrogen and oxygen atoms in total. The van der Waals surface area contributed by atoms with Crippen LogP contribution in [0.1, 0.15) is 42.1 Å². The molecule has 24 heavy (non-hydrogen) atoms. The Bertz CT molecular complexity index is 714. The van der Waals surface area contributed by atoms with E-state index in [1.165, 1.54) is 5.56 Å². The zero-order valence-corrected chi connectivity index (χ0v) is 14.9. The largest absolute Gasteiger partial charge is 0.497 e. The van der Waals surface area contributed by atoms with Crippen LogP contribution in [0.15, 0.2) is 48.5 Å². The molecule has 126 valence electrons. The number of carbonyl (C=O) groups excluding carboxylic acids is 1. The summed E-state index contributed by atoms with van der Waals surface area (Å²) in [6, 6.07) is 14.9. The van der Waals surface area contributed by atoms with Gasteiger partial charge in [-0.05, 0) is 60.5 Å². The highest BCUT2D eigenvalue weighted by molar-refractivity contribution is 7.80. The lowest BCUT2D eigenvalue weighted by molar-refractivity contribution is 0.0977. The Kier molecular flexibility index (Phi) is 6.32. The number of carbonyl (C=O) groups is 1. The van der Waals surface area contributed by atoms with E-state index in [1.54, 1.807) is 31.4 Å². The number of hydrogen-bond donors (Lipinski definition) is 2. The molecule has 0 aliphatic carbocycles. The van der Waals surface area contributed by atoms with Gasteiger partial charge >= 0.3 is 0 Å². The molecule has 1 atom stereocenters. The monoisotopic (exact) mass is 342 g/mol. The maximum atomic E-state index is 12.2. The maximum absolute atomic E-state index is 12.2. The molecule has 0 aromatic heterocycles. The van der Waals surface area contributed by atoms with Crippen LogP contribution in [0.2, 0.25) is 0 Å². The van der Waals surface area contributed by atoms with Crippen molar-refractivity contribution in [2.45, 2.75) is 26.2 Å². The number of ether oxygens (including phenoxy) is 1. The minimum Gasteiger partial charge on any atom is -0.497 e. The van der Waals surface area contributed by atoms with Crippen molar-refractivity contribution in [2.24, 2.45) is 0 Å². The normalized spacial score (nSPS) is 11.5. The third-order valence-electron chi connectivity index (χ3n) is 3.93. The second kappa shape index (κ2) is 8.45. The Morgan fingerprint density at radius 3 is 2.46 bits per heavy atom. The van der Waals surface area contributed by atoms with Crippen LogP contribution >= 0.6 is 12.2 Å². The first-order valence-electron chi connectivity index (χ1n) is 7.90. The lowest BCUT2D eigenvalue weighted by atomic mass is 9.97. The molecule has 2 rings (SSSR count). The first kappa shape index (κ1) is 17.9. The number of benzene rings is 2. The predicted molar refractivity (Wildman–Crippen MR) is 102 cm³/mol. The molecule has 0 saturated carbocycles. The summed E-state index contributed by atoms with van der Waals surface area (Å²) in [5.74, 6) is 0.861. The highest BCUT2D eigenvalue weighted by Crippen LogP contribution is 2.26.